The van der Waals surface area contributed by atoms with Gasteiger partial charge in [0.15, 0.2) is 0 Å². The van der Waals surface area contributed by atoms with Gasteiger partial charge in [0.05, 0.1) is 17.2 Å². The maximum Gasteiger partial charge on any atom is 0.417 e. The SMILES string of the molecule is CN[C@@H]1CCCC[C@H]1Oc1ccc(C#N)c(C(F)(F)F)c1. The number of halogens is 3. The Hall–Kier alpha value is -1.74. The fraction of sp³-hybridized carbons (Fsp3) is 0.533. The first-order valence-electron chi connectivity index (χ1n) is 6.91. The standard InChI is InChI=1S/C15H17F3N2O/c1-20-13-4-2-3-5-14(13)21-11-7-6-10(9-19)12(8-11)15(16,17)18/h6-8,13-14,20H,2-5H2,1H3/t13-,14-/m1/s1. The molecular weight excluding hydrogens is 281 g/mol. The summed E-state index contributed by atoms with van der Waals surface area (Å²) in [7, 11) is 1.83. The van der Waals surface area contributed by atoms with E-state index in [1.165, 1.54) is 6.07 Å². The second kappa shape index (κ2) is 6.35. The number of rotatable bonds is 3. The van der Waals surface area contributed by atoms with Gasteiger partial charge in [-0.25, -0.2) is 0 Å². The molecule has 0 unspecified atom stereocenters. The summed E-state index contributed by atoms with van der Waals surface area (Å²) in [5.41, 5.74) is -1.33. The molecule has 2 atom stereocenters. The fourth-order valence-corrected chi connectivity index (χ4v) is 2.67. The van der Waals surface area contributed by atoms with Crippen LogP contribution < -0.4 is 10.1 Å². The normalized spacial score (nSPS) is 22.6. The zero-order valence-electron chi connectivity index (χ0n) is 11.7. The summed E-state index contributed by atoms with van der Waals surface area (Å²) in [5, 5.41) is 11.9. The molecule has 1 N–H and O–H groups in total. The fourth-order valence-electron chi connectivity index (χ4n) is 2.67. The van der Waals surface area contributed by atoms with Crippen LogP contribution in [-0.4, -0.2) is 19.2 Å². The highest BCUT2D eigenvalue weighted by Gasteiger charge is 2.34. The van der Waals surface area contributed by atoms with E-state index in [2.05, 4.69) is 5.32 Å². The maximum absolute atomic E-state index is 12.9. The Morgan fingerprint density at radius 2 is 2.00 bits per heavy atom. The molecule has 3 nitrogen and oxygen atoms in total. The molecule has 0 radical (unpaired) electrons. The van der Waals surface area contributed by atoms with Crippen LogP contribution in [0, 0.1) is 11.3 Å². The van der Waals surface area contributed by atoms with Crippen molar-refractivity contribution in [3.63, 3.8) is 0 Å². The van der Waals surface area contributed by atoms with Crippen LogP contribution in [0.2, 0.25) is 0 Å². The van der Waals surface area contributed by atoms with Crippen molar-refractivity contribution < 1.29 is 17.9 Å². The molecule has 0 amide bonds. The lowest BCUT2D eigenvalue weighted by molar-refractivity contribution is -0.137. The number of alkyl halides is 3. The van der Waals surface area contributed by atoms with Crippen molar-refractivity contribution in [2.24, 2.45) is 0 Å². The van der Waals surface area contributed by atoms with E-state index in [0.29, 0.717) is 0 Å². The third-order valence-corrected chi connectivity index (χ3v) is 3.78. The largest absolute Gasteiger partial charge is 0.489 e. The van der Waals surface area contributed by atoms with Crippen LogP contribution in [0.15, 0.2) is 18.2 Å². The van der Waals surface area contributed by atoms with Crippen LogP contribution in [0.5, 0.6) is 5.75 Å². The van der Waals surface area contributed by atoms with E-state index in [1.807, 2.05) is 7.05 Å². The lowest BCUT2D eigenvalue weighted by Gasteiger charge is -2.31. The molecule has 6 heteroatoms. The molecule has 1 aromatic rings. The number of hydrogen-bond acceptors (Lipinski definition) is 3. The molecule has 0 saturated heterocycles. The van der Waals surface area contributed by atoms with Gasteiger partial charge >= 0.3 is 6.18 Å². The van der Waals surface area contributed by atoms with Crippen LogP contribution in [0.1, 0.15) is 36.8 Å². The van der Waals surface area contributed by atoms with E-state index in [0.717, 1.165) is 37.8 Å². The first-order valence-corrected chi connectivity index (χ1v) is 6.91. The van der Waals surface area contributed by atoms with E-state index < -0.39 is 11.7 Å². The van der Waals surface area contributed by atoms with Crippen LogP contribution in [-0.2, 0) is 6.18 Å². The Morgan fingerprint density at radius 1 is 1.29 bits per heavy atom. The van der Waals surface area contributed by atoms with E-state index >= 15 is 0 Å². The van der Waals surface area contributed by atoms with Gasteiger partial charge in [-0.15, -0.1) is 0 Å². The molecule has 0 aromatic heterocycles. The van der Waals surface area contributed by atoms with E-state index in [4.69, 9.17) is 10.00 Å². The average Bonchev–Trinajstić information content (AvgIpc) is 2.47. The van der Waals surface area contributed by atoms with Crippen molar-refractivity contribution in [3.05, 3.63) is 29.3 Å². The van der Waals surface area contributed by atoms with Crippen molar-refractivity contribution in [2.45, 2.75) is 44.0 Å². The summed E-state index contributed by atoms with van der Waals surface area (Å²) in [6, 6.07) is 5.21. The third-order valence-electron chi connectivity index (χ3n) is 3.78. The van der Waals surface area contributed by atoms with Gasteiger partial charge < -0.3 is 10.1 Å². The molecule has 0 aliphatic heterocycles. The predicted octanol–water partition coefficient (Wildman–Crippen LogP) is 3.49. The second-order valence-corrected chi connectivity index (χ2v) is 5.15. The summed E-state index contributed by atoms with van der Waals surface area (Å²) < 4.78 is 44.5. The zero-order chi connectivity index (χ0) is 15.5. The Balaban J connectivity index is 2.23. The Bertz CT molecular complexity index is 537. The first kappa shape index (κ1) is 15.6. The quantitative estimate of drug-likeness (QED) is 0.929. The molecule has 1 aliphatic carbocycles. The summed E-state index contributed by atoms with van der Waals surface area (Å²) in [4.78, 5) is 0. The number of likely N-dealkylation sites (N-methyl/N-ethyl adjacent to an activating group) is 1. The smallest absolute Gasteiger partial charge is 0.417 e. The van der Waals surface area contributed by atoms with E-state index in [1.54, 1.807) is 6.07 Å². The summed E-state index contributed by atoms with van der Waals surface area (Å²) in [6.45, 7) is 0. The Labute approximate surface area is 121 Å². The topological polar surface area (TPSA) is 45.0 Å². The molecule has 0 heterocycles. The number of ether oxygens (including phenoxy) is 1. The van der Waals surface area contributed by atoms with Crippen molar-refractivity contribution in [1.29, 1.82) is 5.26 Å². The van der Waals surface area contributed by atoms with Gasteiger partial charge in [0.2, 0.25) is 0 Å². The second-order valence-electron chi connectivity index (χ2n) is 5.15. The van der Waals surface area contributed by atoms with Crippen molar-refractivity contribution >= 4 is 0 Å². The third kappa shape index (κ3) is 3.67. The van der Waals surface area contributed by atoms with Gasteiger partial charge in [-0.05, 0) is 44.5 Å². The van der Waals surface area contributed by atoms with Gasteiger partial charge in [-0.2, -0.15) is 18.4 Å². The molecule has 114 valence electrons. The number of benzene rings is 1. The molecule has 1 aromatic carbocycles. The minimum atomic E-state index is -4.56. The summed E-state index contributed by atoms with van der Waals surface area (Å²) in [6.07, 6.45) is -0.842. The predicted molar refractivity (Wildman–Crippen MR) is 71.9 cm³/mol. The van der Waals surface area contributed by atoms with Crippen LogP contribution in [0.3, 0.4) is 0 Å². The monoisotopic (exact) mass is 298 g/mol. The number of nitrogens with one attached hydrogen (secondary N) is 1. The van der Waals surface area contributed by atoms with Crippen molar-refractivity contribution in [1.82, 2.24) is 5.32 Å². The van der Waals surface area contributed by atoms with Gasteiger partial charge in [0.25, 0.3) is 0 Å². The number of nitriles is 1. The molecule has 0 bridgehead atoms. The van der Waals surface area contributed by atoms with E-state index in [-0.39, 0.29) is 23.5 Å². The highest BCUT2D eigenvalue weighted by molar-refractivity contribution is 5.44. The minimum Gasteiger partial charge on any atom is -0.489 e. The zero-order valence-corrected chi connectivity index (χ0v) is 11.7. The molecule has 1 fully saturated rings. The highest BCUT2D eigenvalue weighted by atomic mass is 19.4. The van der Waals surface area contributed by atoms with Crippen molar-refractivity contribution in [2.75, 3.05) is 7.05 Å². The average molecular weight is 298 g/mol. The number of nitrogens with zero attached hydrogens (tertiary/aromatic N) is 1. The summed E-state index contributed by atoms with van der Waals surface area (Å²) in [5.74, 6) is 0.161. The maximum atomic E-state index is 12.9. The molecular formula is C15H17F3N2O. The first-order chi connectivity index (χ1) is 9.95. The van der Waals surface area contributed by atoms with Crippen LogP contribution >= 0.6 is 0 Å². The molecule has 2 rings (SSSR count). The molecule has 1 saturated carbocycles. The molecule has 0 spiro atoms. The van der Waals surface area contributed by atoms with Gasteiger partial charge in [-0.3, -0.25) is 0 Å². The Kier molecular flexibility index (Phi) is 4.73. The lowest BCUT2D eigenvalue weighted by Crippen LogP contribution is -2.43. The lowest BCUT2D eigenvalue weighted by atomic mass is 9.92. The van der Waals surface area contributed by atoms with Crippen LogP contribution in [0.25, 0.3) is 0 Å². The molecule has 1 aliphatic rings. The van der Waals surface area contributed by atoms with Crippen LogP contribution in [0.4, 0.5) is 13.2 Å². The van der Waals surface area contributed by atoms with Gasteiger partial charge in [0.1, 0.15) is 11.9 Å². The number of hydrogen-bond donors (Lipinski definition) is 1. The Morgan fingerprint density at radius 3 is 2.62 bits per heavy atom. The molecule has 21 heavy (non-hydrogen) atoms. The van der Waals surface area contributed by atoms with Gasteiger partial charge in [0, 0.05) is 6.04 Å². The van der Waals surface area contributed by atoms with Gasteiger partial charge in [-0.1, -0.05) is 6.42 Å². The summed E-state index contributed by atoms with van der Waals surface area (Å²) >= 11 is 0. The highest BCUT2D eigenvalue weighted by Crippen LogP contribution is 2.35. The van der Waals surface area contributed by atoms with Crippen molar-refractivity contribution in [3.8, 4) is 11.8 Å². The van der Waals surface area contributed by atoms with E-state index in [9.17, 15) is 13.2 Å². The minimum absolute atomic E-state index is 0.141.